The van der Waals surface area contributed by atoms with E-state index in [4.69, 9.17) is 21.1 Å². The number of methoxy groups -OCH3 is 1. The van der Waals surface area contributed by atoms with Crippen molar-refractivity contribution in [3.05, 3.63) is 36.0 Å². The Bertz CT molecular complexity index is 1120. The van der Waals surface area contributed by atoms with Crippen LogP contribution in [0.5, 0.6) is 11.6 Å². The molecule has 1 aliphatic heterocycles. The molecule has 1 aliphatic rings. The summed E-state index contributed by atoms with van der Waals surface area (Å²) in [5.41, 5.74) is 1.87. The quantitative estimate of drug-likeness (QED) is 0.434. The predicted octanol–water partition coefficient (Wildman–Crippen LogP) is 2.61. The Morgan fingerprint density at radius 1 is 1.25 bits per heavy atom. The molecular weight excluding hydrogens is 486 g/mol. The zero-order valence-electron chi connectivity index (χ0n) is 21.2. The van der Waals surface area contributed by atoms with Crippen molar-refractivity contribution in [1.82, 2.24) is 19.8 Å². The van der Waals surface area contributed by atoms with Crippen LogP contribution in [0, 0.1) is 0 Å². The average molecular weight is 518 g/mol. The van der Waals surface area contributed by atoms with Gasteiger partial charge in [-0.15, -0.1) is 0 Å². The highest BCUT2D eigenvalue weighted by molar-refractivity contribution is 6.31. The van der Waals surface area contributed by atoms with Gasteiger partial charge in [0.2, 0.25) is 23.6 Å². The molecule has 2 aromatic rings. The lowest BCUT2D eigenvalue weighted by atomic mass is 10.2. The fraction of sp³-hybridized carbons (Fsp3) is 0.417. The van der Waals surface area contributed by atoms with E-state index < -0.39 is 0 Å². The van der Waals surface area contributed by atoms with Crippen LogP contribution in [0.2, 0.25) is 5.02 Å². The van der Waals surface area contributed by atoms with Gasteiger partial charge in [-0.2, -0.15) is 4.98 Å². The van der Waals surface area contributed by atoms with Gasteiger partial charge in [-0.05, 0) is 26.2 Å². The number of hydrogen-bond acceptors (Lipinski definition) is 9. The van der Waals surface area contributed by atoms with Crippen molar-refractivity contribution in [2.24, 2.45) is 0 Å². The number of anilines is 4. The van der Waals surface area contributed by atoms with Gasteiger partial charge in [0.15, 0.2) is 0 Å². The normalized spacial score (nSPS) is 13.1. The summed E-state index contributed by atoms with van der Waals surface area (Å²) in [7, 11) is 7.49. The molecule has 36 heavy (non-hydrogen) atoms. The van der Waals surface area contributed by atoms with Crippen molar-refractivity contribution in [1.29, 1.82) is 0 Å². The minimum absolute atomic E-state index is 0.00626. The summed E-state index contributed by atoms with van der Waals surface area (Å²) in [5, 5.41) is 6.23. The van der Waals surface area contributed by atoms with E-state index in [0.717, 1.165) is 18.8 Å². The van der Waals surface area contributed by atoms with Crippen LogP contribution in [0.15, 0.2) is 31.0 Å². The maximum atomic E-state index is 12.1. The lowest BCUT2D eigenvalue weighted by Gasteiger charge is -2.38. The SMILES string of the molecule is C=CC(=O)Nc1cc(Nc2ncc(Cl)c(OC3CN(C(C)=O)C3)n2)c(OC)cc1N(C)CCN(C)C. The number of amides is 2. The molecule has 12 heteroatoms. The third-order valence-corrected chi connectivity index (χ3v) is 5.84. The number of rotatable bonds is 11. The molecular formula is C24H32ClN7O4. The molecule has 0 atom stereocenters. The topological polar surface area (TPSA) is 112 Å². The molecule has 0 radical (unpaired) electrons. The smallest absolute Gasteiger partial charge is 0.247 e. The molecule has 2 heterocycles. The van der Waals surface area contributed by atoms with E-state index in [1.807, 2.05) is 32.1 Å². The van der Waals surface area contributed by atoms with Crippen molar-refractivity contribution < 1.29 is 19.1 Å². The summed E-state index contributed by atoms with van der Waals surface area (Å²) in [6.45, 7) is 7.55. The Kier molecular flexibility index (Phi) is 8.94. The molecule has 1 saturated heterocycles. The van der Waals surface area contributed by atoms with Gasteiger partial charge in [-0.25, -0.2) is 4.98 Å². The Morgan fingerprint density at radius 2 is 1.97 bits per heavy atom. The van der Waals surface area contributed by atoms with Crippen LogP contribution in [-0.2, 0) is 9.59 Å². The van der Waals surface area contributed by atoms with Gasteiger partial charge in [0.05, 0.1) is 43.5 Å². The number of ether oxygens (including phenoxy) is 2. The van der Waals surface area contributed by atoms with E-state index in [9.17, 15) is 9.59 Å². The number of benzene rings is 1. The molecule has 0 aliphatic carbocycles. The largest absolute Gasteiger partial charge is 0.494 e. The summed E-state index contributed by atoms with van der Waals surface area (Å²) < 4.78 is 11.5. The fourth-order valence-electron chi connectivity index (χ4n) is 3.45. The fourth-order valence-corrected chi connectivity index (χ4v) is 3.58. The van der Waals surface area contributed by atoms with Gasteiger partial charge >= 0.3 is 0 Å². The summed E-state index contributed by atoms with van der Waals surface area (Å²) >= 11 is 6.24. The van der Waals surface area contributed by atoms with Crippen LogP contribution in [-0.4, -0.2) is 92.1 Å². The summed E-state index contributed by atoms with van der Waals surface area (Å²) in [6, 6.07) is 3.58. The number of aromatic nitrogens is 2. The van der Waals surface area contributed by atoms with Crippen LogP contribution in [0.4, 0.5) is 23.0 Å². The van der Waals surface area contributed by atoms with E-state index in [2.05, 4.69) is 32.1 Å². The molecule has 11 nitrogen and oxygen atoms in total. The van der Waals surface area contributed by atoms with Crippen molar-refractivity contribution in [2.45, 2.75) is 13.0 Å². The Hall–Kier alpha value is -3.57. The molecule has 0 bridgehead atoms. The average Bonchev–Trinajstić information content (AvgIpc) is 2.81. The first-order chi connectivity index (χ1) is 17.1. The Balaban J connectivity index is 1.87. The summed E-state index contributed by atoms with van der Waals surface area (Å²) in [6.07, 6.45) is 2.45. The van der Waals surface area contributed by atoms with Crippen LogP contribution in [0.25, 0.3) is 0 Å². The zero-order chi connectivity index (χ0) is 26.4. The minimum atomic E-state index is -0.341. The standard InChI is InChI=1S/C24H32ClN7O4/c1-7-22(34)27-18-10-19(21(35-6)11-20(18)31(5)9-8-30(3)4)28-24-26-12-17(25)23(29-24)36-16-13-32(14-16)15(2)33/h7,10-12,16H,1,8-9,13-14H2,2-6H3,(H,27,34)(H,26,28,29). The molecule has 0 unspecified atom stereocenters. The second-order valence-electron chi connectivity index (χ2n) is 8.62. The third-order valence-electron chi connectivity index (χ3n) is 5.59. The lowest BCUT2D eigenvalue weighted by Crippen LogP contribution is -2.55. The highest BCUT2D eigenvalue weighted by Crippen LogP contribution is 2.38. The maximum Gasteiger partial charge on any atom is 0.247 e. The third kappa shape index (κ3) is 6.76. The van der Waals surface area contributed by atoms with Gasteiger partial charge in [0, 0.05) is 33.1 Å². The Morgan fingerprint density at radius 3 is 2.58 bits per heavy atom. The van der Waals surface area contributed by atoms with Gasteiger partial charge < -0.3 is 34.8 Å². The van der Waals surface area contributed by atoms with Gasteiger partial charge in [0.25, 0.3) is 0 Å². The summed E-state index contributed by atoms with van der Waals surface area (Å²) in [4.78, 5) is 38.0. The lowest BCUT2D eigenvalue weighted by molar-refractivity contribution is -0.137. The van der Waals surface area contributed by atoms with Crippen LogP contribution < -0.4 is 25.0 Å². The number of hydrogen-bond donors (Lipinski definition) is 2. The first-order valence-corrected chi connectivity index (χ1v) is 11.7. The highest BCUT2D eigenvalue weighted by atomic mass is 35.5. The van der Waals surface area contributed by atoms with Crippen molar-refractivity contribution in [3.8, 4) is 11.6 Å². The van der Waals surface area contributed by atoms with E-state index in [-0.39, 0.29) is 34.8 Å². The number of carbonyl (C=O) groups is 2. The minimum Gasteiger partial charge on any atom is -0.494 e. The zero-order valence-corrected chi connectivity index (χ0v) is 21.9. The maximum absolute atomic E-state index is 12.1. The molecule has 0 spiro atoms. The van der Waals surface area contributed by atoms with Gasteiger partial charge in [-0.1, -0.05) is 18.2 Å². The number of carbonyl (C=O) groups excluding carboxylic acids is 2. The molecule has 2 N–H and O–H groups in total. The number of likely N-dealkylation sites (N-methyl/N-ethyl adjacent to an activating group) is 2. The molecule has 3 rings (SSSR count). The number of nitrogens with zero attached hydrogens (tertiary/aromatic N) is 5. The number of nitrogens with one attached hydrogen (secondary N) is 2. The van der Waals surface area contributed by atoms with Gasteiger partial charge in [0.1, 0.15) is 16.9 Å². The van der Waals surface area contributed by atoms with E-state index in [0.29, 0.717) is 30.2 Å². The highest BCUT2D eigenvalue weighted by Gasteiger charge is 2.31. The molecule has 194 valence electrons. The molecule has 2 amide bonds. The second-order valence-corrected chi connectivity index (χ2v) is 9.03. The van der Waals surface area contributed by atoms with E-state index in [1.165, 1.54) is 19.2 Å². The molecule has 1 fully saturated rings. The first-order valence-electron chi connectivity index (χ1n) is 11.3. The second kappa shape index (κ2) is 11.9. The molecule has 1 aromatic heterocycles. The Labute approximate surface area is 216 Å². The van der Waals surface area contributed by atoms with Gasteiger partial charge in [-0.3, -0.25) is 9.59 Å². The van der Waals surface area contributed by atoms with Crippen molar-refractivity contribution >= 4 is 46.4 Å². The van der Waals surface area contributed by atoms with Crippen molar-refractivity contribution in [3.63, 3.8) is 0 Å². The number of halogens is 1. The van der Waals surface area contributed by atoms with Crippen LogP contribution in [0.3, 0.4) is 0 Å². The predicted molar refractivity (Wildman–Crippen MR) is 141 cm³/mol. The van der Waals surface area contributed by atoms with E-state index in [1.54, 1.807) is 18.1 Å². The molecule has 1 aromatic carbocycles. The first kappa shape index (κ1) is 27.0. The van der Waals surface area contributed by atoms with E-state index >= 15 is 0 Å². The van der Waals surface area contributed by atoms with Crippen molar-refractivity contribution in [2.75, 3.05) is 70.0 Å². The van der Waals surface area contributed by atoms with Crippen LogP contribution >= 0.6 is 11.6 Å². The summed E-state index contributed by atoms with van der Waals surface area (Å²) in [5.74, 6) is 0.613. The molecule has 0 saturated carbocycles. The number of likely N-dealkylation sites (tertiary alicyclic amines) is 1. The monoisotopic (exact) mass is 517 g/mol. The van der Waals surface area contributed by atoms with Crippen LogP contribution in [0.1, 0.15) is 6.92 Å².